The molecule has 0 atom stereocenters. The van der Waals surface area contributed by atoms with E-state index in [-0.39, 0.29) is 16.6 Å². The normalized spacial score (nSPS) is 10.7. The Bertz CT molecular complexity index is 410. The van der Waals surface area contributed by atoms with Gasteiger partial charge in [0, 0.05) is 12.5 Å². The SMILES string of the molecule is CC(C)NCCCC(=O)Nc1cccc(Cl)c1F. The summed E-state index contributed by atoms with van der Waals surface area (Å²) in [6, 6.07) is 4.93. The van der Waals surface area contributed by atoms with Crippen LogP contribution in [0.1, 0.15) is 26.7 Å². The van der Waals surface area contributed by atoms with Gasteiger partial charge in [0.25, 0.3) is 0 Å². The molecule has 100 valence electrons. The summed E-state index contributed by atoms with van der Waals surface area (Å²) in [6.07, 6.45) is 1.07. The van der Waals surface area contributed by atoms with E-state index in [2.05, 4.69) is 10.6 Å². The Morgan fingerprint density at radius 2 is 2.17 bits per heavy atom. The molecule has 1 aromatic carbocycles. The molecule has 0 aromatic heterocycles. The van der Waals surface area contributed by atoms with E-state index >= 15 is 0 Å². The van der Waals surface area contributed by atoms with Crippen LogP contribution < -0.4 is 10.6 Å². The van der Waals surface area contributed by atoms with Crippen LogP contribution in [-0.4, -0.2) is 18.5 Å². The smallest absolute Gasteiger partial charge is 0.224 e. The lowest BCUT2D eigenvalue weighted by atomic mass is 10.2. The zero-order valence-corrected chi connectivity index (χ0v) is 11.4. The van der Waals surface area contributed by atoms with Gasteiger partial charge >= 0.3 is 0 Å². The number of hydrogen-bond acceptors (Lipinski definition) is 2. The van der Waals surface area contributed by atoms with Crippen LogP contribution >= 0.6 is 11.6 Å². The number of nitrogens with one attached hydrogen (secondary N) is 2. The average molecular weight is 273 g/mol. The van der Waals surface area contributed by atoms with E-state index in [1.165, 1.54) is 12.1 Å². The van der Waals surface area contributed by atoms with Crippen LogP contribution in [0.15, 0.2) is 18.2 Å². The summed E-state index contributed by atoms with van der Waals surface area (Å²) in [5.74, 6) is -0.797. The van der Waals surface area contributed by atoms with Crippen molar-refractivity contribution in [2.24, 2.45) is 0 Å². The first-order valence-electron chi connectivity index (χ1n) is 5.98. The van der Waals surface area contributed by atoms with Crippen molar-refractivity contribution in [1.82, 2.24) is 5.32 Å². The minimum atomic E-state index is -0.590. The van der Waals surface area contributed by atoms with Crippen molar-refractivity contribution in [3.8, 4) is 0 Å². The molecule has 0 spiro atoms. The lowest BCUT2D eigenvalue weighted by Gasteiger charge is -2.09. The minimum absolute atomic E-state index is 0.00859. The van der Waals surface area contributed by atoms with Gasteiger partial charge in [-0.05, 0) is 25.1 Å². The van der Waals surface area contributed by atoms with Crippen LogP contribution in [0.5, 0.6) is 0 Å². The molecule has 5 heteroatoms. The summed E-state index contributed by atoms with van der Waals surface area (Å²) in [6.45, 7) is 4.85. The Morgan fingerprint density at radius 3 is 2.83 bits per heavy atom. The molecule has 18 heavy (non-hydrogen) atoms. The van der Waals surface area contributed by atoms with Gasteiger partial charge in [0.05, 0.1) is 10.7 Å². The van der Waals surface area contributed by atoms with Crippen molar-refractivity contribution in [2.45, 2.75) is 32.7 Å². The monoisotopic (exact) mass is 272 g/mol. The molecule has 0 fully saturated rings. The summed E-state index contributed by atoms with van der Waals surface area (Å²) < 4.78 is 13.5. The van der Waals surface area contributed by atoms with E-state index in [0.717, 1.165) is 6.54 Å². The van der Waals surface area contributed by atoms with Gasteiger partial charge in [-0.3, -0.25) is 4.79 Å². The van der Waals surface area contributed by atoms with Gasteiger partial charge < -0.3 is 10.6 Å². The van der Waals surface area contributed by atoms with Crippen LogP contribution in [0.3, 0.4) is 0 Å². The van der Waals surface area contributed by atoms with Crippen LogP contribution in [0.2, 0.25) is 5.02 Å². The van der Waals surface area contributed by atoms with Crippen molar-refractivity contribution in [3.63, 3.8) is 0 Å². The first-order valence-corrected chi connectivity index (χ1v) is 6.35. The molecule has 0 saturated carbocycles. The Morgan fingerprint density at radius 1 is 1.44 bits per heavy atom. The maximum absolute atomic E-state index is 13.5. The van der Waals surface area contributed by atoms with E-state index in [1.807, 2.05) is 13.8 Å². The zero-order chi connectivity index (χ0) is 13.5. The van der Waals surface area contributed by atoms with Gasteiger partial charge in [-0.2, -0.15) is 0 Å². The molecule has 2 N–H and O–H groups in total. The van der Waals surface area contributed by atoms with Gasteiger partial charge in [-0.15, -0.1) is 0 Å². The summed E-state index contributed by atoms with van der Waals surface area (Å²) in [5.41, 5.74) is 0.129. The summed E-state index contributed by atoms with van der Waals surface area (Å²) in [4.78, 5) is 11.6. The third kappa shape index (κ3) is 5.02. The molecule has 1 amide bonds. The van der Waals surface area contributed by atoms with E-state index in [9.17, 15) is 9.18 Å². The molecule has 0 unspecified atom stereocenters. The molecule has 3 nitrogen and oxygen atoms in total. The van der Waals surface area contributed by atoms with E-state index < -0.39 is 5.82 Å². The highest BCUT2D eigenvalue weighted by Gasteiger charge is 2.09. The van der Waals surface area contributed by atoms with Crippen molar-refractivity contribution in [3.05, 3.63) is 29.0 Å². The maximum Gasteiger partial charge on any atom is 0.224 e. The van der Waals surface area contributed by atoms with E-state index in [0.29, 0.717) is 18.9 Å². The van der Waals surface area contributed by atoms with Gasteiger partial charge in [0.1, 0.15) is 0 Å². The number of benzene rings is 1. The van der Waals surface area contributed by atoms with Crippen LogP contribution in [0, 0.1) is 5.82 Å². The number of hydrogen-bond donors (Lipinski definition) is 2. The Kier molecular flexibility index (Phi) is 6.09. The standard InChI is InChI=1S/C13H18ClFN2O/c1-9(2)16-8-4-7-12(18)17-11-6-3-5-10(14)13(11)15/h3,5-6,9,16H,4,7-8H2,1-2H3,(H,17,18). The molecule has 0 bridgehead atoms. The number of rotatable bonds is 6. The molecule has 1 aromatic rings. The van der Waals surface area contributed by atoms with Crippen LogP contribution in [-0.2, 0) is 4.79 Å². The van der Waals surface area contributed by atoms with Crippen molar-refractivity contribution >= 4 is 23.2 Å². The highest BCUT2D eigenvalue weighted by Crippen LogP contribution is 2.22. The van der Waals surface area contributed by atoms with Crippen molar-refractivity contribution < 1.29 is 9.18 Å². The minimum Gasteiger partial charge on any atom is -0.324 e. The van der Waals surface area contributed by atoms with Gasteiger partial charge in [-0.25, -0.2) is 4.39 Å². The molecule has 0 heterocycles. The maximum atomic E-state index is 13.5. The molecular weight excluding hydrogens is 255 g/mol. The average Bonchev–Trinajstić information content (AvgIpc) is 2.30. The molecule has 0 aliphatic carbocycles. The van der Waals surface area contributed by atoms with Crippen LogP contribution in [0.25, 0.3) is 0 Å². The highest BCUT2D eigenvalue weighted by atomic mass is 35.5. The van der Waals surface area contributed by atoms with E-state index in [1.54, 1.807) is 6.07 Å². The Hall–Kier alpha value is -1.13. The topological polar surface area (TPSA) is 41.1 Å². The Labute approximate surface area is 112 Å². The Balaban J connectivity index is 2.38. The molecule has 0 radical (unpaired) electrons. The summed E-state index contributed by atoms with van der Waals surface area (Å²) in [7, 11) is 0. The zero-order valence-electron chi connectivity index (χ0n) is 10.6. The number of carbonyl (C=O) groups is 1. The van der Waals surface area contributed by atoms with E-state index in [4.69, 9.17) is 11.6 Å². The second-order valence-electron chi connectivity index (χ2n) is 4.36. The first-order chi connectivity index (χ1) is 8.50. The third-order valence-corrected chi connectivity index (χ3v) is 2.65. The molecular formula is C13H18ClFN2O. The molecule has 0 aliphatic heterocycles. The fourth-order valence-electron chi connectivity index (χ4n) is 1.45. The molecule has 0 aliphatic rings. The van der Waals surface area contributed by atoms with Gasteiger partial charge in [0.15, 0.2) is 5.82 Å². The molecule has 0 saturated heterocycles. The fraction of sp³-hybridized carbons (Fsp3) is 0.462. The largest absolute Gasteiger partial charge is 0.324 e. The molecule has 1 rings (SSSR count). The van der Waals surface area contributed by atoms with Crippen molar-refractivity contribution in [2.75, 3.05) is 11.9 Å². The third-order valence-electron chi connectivity index (χ3n) is 2.36. The fourth-order valence-corrected chi connectivity index (χ4v) is 1.63. The number of amides is 1. The van der Waals surface area contributed by atoms with Gasteiger partial charge in [0.2, 0.25) is 5.91 Å². The quantitative estimate of drug-likeness (QED) is 0.781. The van der Waals surface area contributed by atoms with Crippen molar-refractivity contribution in [1.29, 1.82) is 0 Å². The van der Waals surface area contributed by atoms with Gasteiger partial charge in [-0.1, -0.05) is 31.5 Å². The summed E-state index contributed by atoms with van der Waals surface area (Å²) in [5, 5.41) is 5.73. The summed E-state index contributed by atoms with van der Waals surface area (Å²) >= 11 is 5.62. The predicted molar refractivity (Wildman–Crippen MR) is 72.4 cm³/mol. The number of halogens is 2. The first kappa shape index (κ1) is 14.9. The second-order valence-corrected chi connectivity index (χ2v) is 4.77. The number of anilines is 1. The predicted octanol–water partition coefficient (Wildman–Crippen LogP) is 3.20. The van der Waals surface area contributed by atoms with Crippen LogP contribution in [0.4, 0.5) is 10.1 Å². The highest BCUT2D eigenvalue weighted by molar-refractivity contribution is 6.31. The second kappa shape index (κ2) is 7.34. The lowest BCUT2D eigenvalue weighted by Crippen LogP contribution is -2.24. The lowest BCUT2D eigenvalue weighted by molar-refractivity contribution is -0.116. The number of carbonyl (C=O) groups excluding carboxylic acids is 1.